The van der Waals surface area contributed by atoms with E-state index < -0.39 is 23.9 Å². The van der Waals surface area contributed by atoms with E-state index in [1.807, 2.05) is 6.07 Å². The lowest BCUT2D eigenvalue weighted by atomic mass is 10.0. The van der Waals surface area contributed by atoms with Gasteiger partial charge in [0, 0.05) is 19.3 Å². The van der Waals surface area contributed by atoms with Gasteiger partial charge in [0.25, 0.3) is 0 Å². The van der Waals surface area contributed by atoms with Crippen molar-refractivity contribution in [3.05, 3.63) is 29.8 Å². The van der Waals surface area contributed by atoms with Gasteiger partial charge in [0.05, 0.1) is 0 Å². The van der Waals surface area contributed by atoms with Crippen LogP contribution in [0.3, 0.4) is 0 Å². The summed E-state index contributed by atoms with van der Waals surface area (Å²) in [6.07, 6.45) is -2.84. The second-order valence-electron chi connectivity index (χ2n) is 5.77. The Hall–Kier alpha value is -1.79. The third kappa shape index (κ3) is 6.01. The highest BCUT2D eigenvalue weighted by atomic mass is 16.6. The first-order chi connectivity index (χ1) is 9.73. The van der Waals surface area contributed by atoms with Gasteiger partial charge in [0.1, 0.15) is 17.8 Å². The molecule has 0 saturated heterocycles. The predicted molar refractivity (Wildman–Crippen MR) is 81.2 cm³/mol. The molecule has 0 bridgehead atoms. The number of carbonyl (C=O) groups is 1. The largest absolute Gasteiger partial charge is 0.444 e. The molecule has 6 nitrogen and oxygen atoms in total. The number of carbonyl (C=O) groups excluding carboxylic acids is 1. The Morgan fingerprint density at radius 1 is 1.33 bits per heavy atom. The molecule has 0 saturated carbocycles. The van der Waals surface area contributed by atoms with Gasteiger partial charge in [-0.3, -0.25) is 0 Å². The summed E-state index contributed by atoms with van der Waals surface area (Å²) in [5.41, 5.74) is 0.800. The Labute approximate surface area is 125 Å². The summed E-state index contributed by atoms with van der Waals surface area (Å²) in [6, 6.07) is 7.07. The zero-order chi connectivity index (χ0) is 16.0. The zero-order valence-electron chi connectivity index (χ0n) is 12.9. The molecular weight excluding hydrogens is 272 g/mol. The molecule has 0 spiro atoms. The fraction of sp³-hybridized carbons (Fsp3) is 0.533. The van der Waals surface area contributed by atoms with Crippen LogP contribution in [0.2, 0.25) is 0 Å². The molecular formula is C15H24N2O4. The lowest BCUT2D eigenvalue weighted by molar-refractivity contribution is 0.0129. The Bertz CT molecular complexity index is 471. The van der Waals surface area contributed by atoms with E-state index in [4.69, 9.17) is 4.74 Å². The monoisotopic (exact) mass is 296 g/mol. The minimum atomic E-state index is -1.12. The fourth-order valence-electron chi connectivity index (χ4n) is 1.71. The molecule has 21 heavy (non-hydrogen) atoms. The molecule has 0 aliphatic rings. The lowest BCUT2D eigenvalue weighted by Crippen LogP contribution is -2.38. The van der Waals surface area contributed by atoms with E-state index in [1.165, 1.54) is 0 Å². The summed E-state index contributed by atoms with van der Waals surface area (Å²) in [6.45, 7) is 5.16. The maximum atomic E-state index is 11.5. The van der Waals surface area contributed by atoms with Crippen LogP contribution in [-0.4, -0.2) is 41.6 Å². The molecule has 0 radical (unpaired) electrons. The van der Waals surface area contributed by atoms with Gasteiger partial charge >= 0.3 is 6.09 Å². The molecule has 4 N–H and O–H groups in total. The molecule has 0 aliphatic heterocycles. The number of benzene rings is 1. The summed E-state index contributed by atoms with van der Waals surface area (Å²) >= 11 is 0. The standard InChI is InChI=1S/C15H24N2O4/c1-15(2,3)21-14(20)17-9-12(18)13(19)10-6-5-7-11(8-10)16-4/h5-8,12-13,16,18-19H,9H2,1-4H3,(H,17,20). The van der Waals surface area contributed by atoms with Crippen molar-refractivity contribution in [2.24, 2.45) is 0 Å². The third-order valence-corrected chi connectivity index (χ3v) is 2.74. The first kappa shape index (κ1) is 17.3. The van der Waals surface area contributed by atoms with Gasteiger partial charge in [0.15, 0.2) is 0 Å². The highest BCUT2D eigenvalue weighted by Gasteiger charge is 2.21. The molecule has 1 aromatic rings. The Morgan fingerprint density at radius 2 is 2.00 bits per heavy atom. The molecule has 1 aromatic carbocycles. The maximum absolute atomic E-state index is 11.5. The number of nitrogens with one attached hydrogen (secondary N) is 2. The SMILES string of the molecule is CNc1cccc(C(O)C(O)CNC(=O)OC(C)(C)C)c1. The van der Waals surface area contributed by atoms with E-state index in [0.717, 1.165) is 5.69 Å². The summed E-state index contributed by atoms with van der Waals surface area (Å²) in [5.74, 6) is 0. The molecule has 0 aromatic heterocycles. The van der Waals surface area contributed by atoms with Crippen LogP contribution in [0.1, 0.15) is 32.4 Å². The van der Waals surface area contributed by atoms with Gasteiger partial charge in [-0.05, 0) is 38.5 Å². The molecule has 118 valence electrons. The number of ether oxygens (including phenoxy) is 1. The average Bonchev–Trinajstić information content (AvgIpc) is 2.42. The third-order valence-electron chi connectivity index (χ3n) is 2.74. The summed E-state index contributed by atoms with van der Waals surface area (Å²) in [7, 11) is 1.77. The van der Waals surface area contributed by atoms with Crippen molar-refractivity contribution in [3.63, 3.8) is 0 Å². The van der Waals surface area contributed by atoms with Crippen LogP contribution >= 0.6 is 0 Å². The summed E-state index contributed by atoms with van der Waals surface area (Å²) in [5, 5.41) is 25.4. The highest BCUT2D eigenvalue weighted by molar-refractivity contribution is 5.67. The normalized spacial score (nSPS) is 14.2. The quantitative estimate of drug-likeness (QED) is 0.663. The summed E-state index contributed by atoms with van der Waals surface area (Å²) < 4.78 is 5.06. The first-order valence-electron chi connectivity index (χ1n) is 6.83. The van der Waals surface area contributed by atoms with E-state index in [1.54, 1.807) is 46.0 Å². The van der Waals surface area contributed by atoms with Crippen molar-refractivity contribution >= 4 is 11.8 Å². The van der Waals surface area contributed by atoms with Gasteiger partial charge in [-0.2, -0.15) is 0 Å². The van der Waals surface area contributed by atoms with Gasteiger partial charge in [0.2, 0.25) is 0 Å². The summed E-state index contributed by atoms with van der Waals surface area (Å²) in [4.78, 5) is 11.5. The number of hydrogen-bond acceptors (Lipinski definition) is 5. The van der Waals surface area contributed by atoms with Gasteiger partial charge < -0.3 is 25.6 Å². The van der Waals surface area contributed by atoms with Crippen LogP contribution in [0.15, 0.2) is 24.3 Å². The van der Waals surface area contributed by atoms with Crippen LogP contribution in [0.4, 0.5) is 10.5 Å². The number of rotatable bonds is 5. The molecule has 1 amide bonds. The maximum Gasteiger partial charge on any atom is 0.407 e. The van der Waals surface area contributed by atoms with Gasteiger partial charge in [-0.25, -0.2) is 4.79 Å². The average molecular weight is 296 g/mol. The number of amides is 1. The van der Waals surface area contributed by atoms with E-state index >= 15 is 0 Å². The van der Waals surface area contributed by atoms with Crippen LogP contribution < -0.4 is 10.6 Å². The fourth-order valence-corrected chi connectivity index (χ4v) is 1.71. The van der Waals surface area contributed by atoms with E-state index in [9.17, 15) is 15.0 Å². The van der Waals surface area contributed by atoms with E-state index in [0.29, 0.717) is 5.56 Å². The predicted octanol–water partition coefficient (Wildman–Crippen LogP) is 1.65. The number of anilines is 1. The molecule has 0 fully saturated rings. The van der Waals surface area contributed by atoms with Crippen molar-refractivity contribution in [3.8, 4) is 0 Å². The topological polar surface area (TPSA) is 90.8 Å². The Morgan fingerprint density at radius 3 is 2.57 bits per heavy atom. The molecule has 2 unspecified atom stereocenters. The second kappa shape index (κ2) is 7.28. The van der Waals surface area contributed by atoms with Crippen LogP contribution in [0.5, 0.6) is 0 Å². The highest BCUT2D eigenvalue weighted by Crippen LogP contribution is 2.20. The smallest absolute Gasteiger partial charge is 0.407 e. The first-order valence-corrected chi connectivity index (χ1v) is 6.83. The van der Waals surface area contributed by atoms with Crippen molar-refractivity contribution < 1.29 is 19.7 Å². The minimum Gasteiger partial charge on any atom is -0.444 e. The van der Waals surface area contributed by atoms with Crippen LogP contribution in [0, 0.1) is 0 Å². The molecule has 6 heteroatoms. The Balaban J connectivity index is 2.54. The molecule has 2 atom stereocenters. The zero-order valence-corrected chi connectivity index (χ0v) is 12.9. The number of aliphatic hydroxyl groups excluding tert-OH is 2. The van der Waals surface area contributed by atoms with E-state index in [-0.39, 0.29) is 6.54 Å². The van der Waals surface area contributed by atoms with Gasteiger partial charge in [-0.1, -0.05) is 12.1 Å². The number of hydrogen-bond donors (Lipinski definition) is 4. The van der Waals surface area contributed by atoms with E-state index in [2.05, 4.69) is 10.6 Å². The van der Waals surface area contributed by atoms with Crippen molar-refractivity contribution in [2.45, 2.75) is 38.6 Å². The Kier molecular flexibility index (Phi) is 5.99. The van der Waals surface area contributed by atoms with Crippen molar-refractivity contribution in [2.75, 3.05) is 18.9 Å². The number of alkyl carbamates (subject to hydrolysis) is 1. The van der Waals surface area contributed by atoms with Crippen LogP contribution in [0.25, 0.3) is 0 Å². The lowest BCUT2D eigenvalue weighted by Gasteiger charge is -2.22. The van der Waals surface area contributed by atoms with Gasteiger partial charge in [-0.15, -0.1) is 0 Å². The minimum absolute atomic E-state index is 0.0974. The van der Waals surface area contributed by atoms with Crippen LogP contribution in [-0.2, 0) is 4.74 Å². The molecule has 0 heterocycles. The molecule has 1 rings (SSSR count). The number of aliphatic hydroxyl groups is 2. The van der Waals surface area contributed by atoms with Crippen molar-refractivity contribution in [1.82, 2.24) is 5.32 Å². The second-order valence-corrected chi connectivity index (χ2v) is 5.77. The van der Waals surface area contributed by atoms with Crippen molar-refractivity contribution in [1.29, 1.82) is 0 Å². The molecule has 0 aliphatic carbocycles.